The highest BCUT2D eigenvalue weighted by molar-refractivity contribution is 6.02. The molecule has 0 aromatic heterocycles. The molecule has 1 unspecified atom stereocenters. The van der Waals surface area contributed by atoms with Crippen molar-refractivity contribution in [1.29, 1.82) is 0 Å². The fourth-order valence-electron chi connectivity index (χ4n) is 3.65. The number of benzene rings is 2. The Labute approximate surface area is 165 Å². The van der Waals surface area contributed by atoms with E-state index in [4.69, 9.17) is 4.74 Å². The Morgan fingerprint density at radius 3 is 2.07 bits per heavy atom. The van der Waals surface area contributed by atoms with Crippen molar-refractivity contribution in [3.63, 3.8) is 0 Å². The summed E-state index contributed by atoms with van der Waals surface area (Å²) >= 11 is 0. The van der Waals surface area contributed by atoms with Crippen LogP contribution < -0.4 is 5.32 Å². The average Bonchev–Trinajstić information content (AvgIpc) is 2.72. The molecule has 1 aliphatic heterocycles. The molecule has 0 fully saturated rings. The Morgan fingerprint density at radius 2 is 1.52 bits per heavy atom. The molecule has 2 aromatic rings. The molecular weight excluding hydrogens is 380 g/mol. The molecule has 0 bridgehead atoms. The fourth-order valence-corrected chi connectivity index (χ4v) is 3.65. The lowest BCUT2D eigenvalue weighted by molar-refractivity contribution is -0.739. The van der Waals surface area contributed by atoms with Crippen molar-refractivity contribution in [3.05, 3.63) is 79.9 Å². The molecule has 1 aliphatic rings. The first kappa shape index (κ1) is 20.1. The van der Waals surface area contributed by atoms with Crippen molar-refractivity contribution in [2.45, 2.75) is 19.1 Å². The largest absolute Gasteiger partial charge is 0.468 e. The SMILES string of the molecule is COC(=O)C1C(C)=N[C@@H](c2ccccc2[N+](=O)[O-])[NH2+][C@H]1c1ccccc1[N+](=O)[O-]. The van der Waals surface area contributed by atoms with Crippen LogP contribution in [-0.4, -0.2) is 28.6 Å². The van der Waals surface area contributed by atoms with Crippen molar-refractivity contribution in [3.8, 4) is 0 Å². The van der Waals surface area contributed by atoms with Crippen LogP contribution >= 0.6 is 0 Å². The second-order valence-electron chi connectivity index (χ2n) is 6.57. The van der Waals surface area contributed by atoms with Gasteiger partial charge in [0.1, 0.15) is 11.6 Å². The first-order valence-electron chi connectivity index (χ1n) is 8.79. The van der Waals surface area contributed by atoms with E-state index in [2.05, 4.69) is 4.99 Å². The van der Waals surface area contributed by atoms with Gasteiger partial charge in [-0.3, -0.25) is 25.0 Å². The van der Waals surface area contributed by atoms with Crippen molar-refractivity contribution >= 4 is 23.1 Å². The Bertz CT molecular complexity index is 1010. The van der Waals surface area contributed by atoms with Crippen LogP contribution in [0.25, 0.3) is 0 Å². The number of quaternary nitrogens is 1. The second-order valence-corrected chi connectivity index (χ2v) is 6.57. The number of hydrogen-bond acceptors (Lipinski definition) is 7. The molecule has 0 aliphatic carbocycles. The summed E-state index contributed by atoms with van der Waals surface area (Å²) in [5, 5.41) is 24.6. The predicted octanol–water partition coefficient (Wildman–Crippen LogP) is 2.07. The summed E-state index contributed by atoms with van der Waals surface area (Å²) in [6.07, 6.45) is -0.734. The standard InChI is InChI=1S/C19H18N4O6/c1-11-16(19(24)29-2)17(12-7-3-5-9-14(12)22(25)26)21-18(20-11)13-8-4-6-10-15(13)23(27)28/h3-10,16-18,21H,1-2H3/p+1/t16?,17-,18+/m0/s1. The number of carbonyl (C=O) groups excluding carboxylic acids is 1. The number of aliphatic imine (C=N–C) groups is 1. The smallest absolute Gasteiger partial charge is 0.320 e. The summed E-state index contributed by atoms with van der Waals surface area (Å²) in [6.45, 7) is 1.62. The Kier molecular flexibility index (Phi) is 5.64. The van der Waals surface area contributed by atoms with Gasteiger partial charge in [-0.1, -0.05) is 24.3 Å². The van der Waals surface area contributed by atoms with E-state index in [1.54, 1.807) is 42.6 Å². The number of nitrogens with two attached hydrogens (primary N) is 1. The van der Waals surface area contributed by atoms with Crippen LogP contribution in [-0.2, 0) is 9.53 Å². The average molecular weight is 399 g/mol. The zero-order chi connectivity index (χ0) is 21.1. The number of nitrogens with zero attached hydrogens (tertiary/aromatic N) is 3. The van der Waals surface area contributed by atoms with Crippen LogP contribution in [0.2, 0.25) is 0 Å². The van der Waals surface area contributed by atoms with Gasteiger partial charge in [0, 0.05) is 17.8 Å². The summed E-state index contributed by atoms with van der Waals surface area (Å²) in [4.78, 5) is 38.9. The number of carbonyl (C=O) groups is 1. The molecule has 10 nitrogen and oxygen atoms in total. The highest BCUT2D eigenvalue weighted by Crippen LogP contribution is 2.34. The number of methoxy groups -OCH3 is 1. The van der Waals surface area contributed by atoms with Crippen LogP contribution in [0.5, 0.6) is 0 Å². The topological polar surface area (TPSA) is 142 Å². The molecule has 10 heteroatoms. The van der Waals surface area contributed by atoms with Gasteiger partial charge in [0.05, 0.1) is 22.5 Å². The molecule has 29 heavy (non-hydrogen) atoms. The maximum absolute atomic E-state index is 12.5. The summed E-state index contributed by atoms with van der Waals surface area (Å²) in [6, 6.07) is 11.6. The minimum Gasteiger partial charge on any atom is -0.468 e. The molecular formula is C19H19N4O6+. The van der Waals surface area contributed by atoms with Crippen LogP contribution in [0.15, 0.2) is 53.5 Å². The molecule has 3 atom stereocenters. The number of ether oxygens (including phenoxy) is 1. The molecule has 0 radical (unpaired) electrons. The lowest BCUT2D eigenvalue weighted by Crippen LogP contribution is -2.89. The van der Waals surface area contributed by atoms with Gasteiger partial charge in [0.15, 0.2) is 5.92 Å². The van der Waals surface area contributed by atoms with Gasteiger partial charge >= 0.3 is 5.97 Å². The van der Waals surface area contributed by atoms with Crippen LogP contribution in [0.1, 0.15) is 30.3 Å². The van der Waals surface area contributed by atoms with E-state index in [0.717, 1.165) is 0 Å². The monoisotopic (exact) mass is 399 g/mol. The molecule has 1 heterocycles. The number of para-hydroxylation sites is 2. The van der Waals surface area contributed by atoms with Gasteiger partial charge in [-0.25, -0.2) is 4.99 Å². The third kappa shape index (κ3) is 3.83. The van der Waals surface area contributed by atoms with Gasteiger partial charge in [-0.15, -0.1) is 0 Å². The van der Waals surface area contributed by atoms with E-state index in [0.29, 0.717) is 16.8 Å². The van der Waals surface area contributed by atoms with Crippen molar-refractivity contribution in [2.75, 3.05) is 7.11 Å². The van der Waals surface area contributed by atoms with E-state index in [-0.39, 0.29) is 11.4 Å². The zero-order valence-corrected chi connectivity index (χ0v) is 15.7. The second kappa shape index (κ2) is 8.15. The van der Waals surface area contributed by atoms with Crippen molar-refractivity contribution < 1.29 is 24.7 Å². The fraction of sp³-hybridized carbons (Fsp3) is 0.263. The predicted molar refractivity (Wildman–Crippen MR) is 102 cm³/mol. The first-order chi connectivity index (χ1) is 13.8. The summed E-state index contributed by atoms with van der Waals surface area (Å²) in [5.41, 5.74) is 0.821. The summed E-state index contributed by atoms with van der Waals surface area (Å²) < 4.78 is 4.90. The molecule has 0 amide bonds. The van der Waals surface area contributed by atoms with E-state index in [1.165, 1.54) is 25.3 Å². The van der Waals surface area contributed by atoms with Gasteiger partial charge in [0.2, 0.25) is 6.17 Å². The highest BCUT2D eigenvalue weighted by atomic mass is 16.6. The molecule has 2 aromatic carbocycles. The highest BCUT2D eigenvalue weighted by Gasteiger charge is 2.45. The van der Waals surface area contributed by atoms with Crippen LogP contribution in [0.4, 0.5) is 11.4 Å². The summed E-state index contributed by atoms with van der Waals surface area (Å²) in [5.74, 6) is -1.44. The molecule has 0 saturated carbocycles. The first-order valence-corrected chi connectivity index (χ1v) is 8.79. The van der Waals surface area contributed by atoms with E-state index < -0.39 is 33.9 Å². The number of nitro groups is 2. The van der Waals surface area contributed by atoms with E-state index in [9.17, 15) is 25.0 Å². The quantitative estimate of drug-likeness (QED) is 0.463. The maximum Gasteiger partial charge on any atom is 0.320 e. The number of esters is 1. The van der Waals surface area contributed by atoms with Crippen LogP contribution in [0.3, 0.4) is 0 Å². The lowest BCUT2D eigenvalue weighted by Gasteiger charge is -2.31. The van der Waals surface area contributed by atoms with Crippen molar-refractivity contribution in [1.82, 2.24) is 0 Å². The Morgan fingerprint density at radius 1 is 1.00 bits per heavy atom. The van der Waals surface area contributed by atoms with E-state index in [1.807, 2.05) is 0 Å². The van der Waals surface area contributed by atoms with Gasteiger partial charge in [0.25, 0.3) is 11.4 Å². The number of hydrogen-bond donors (Lipinski definition) is 1. The third-order valence-electron chi connectivity index (χ3n) is 4.94. The van der Waals surface area contributed by atoms with Gasteiger partial charge in [-0.2, -0.15) is 0 Å². The van der Waals surface area contributed by atoms with Crippen molar-refractivity contribution in [2.24, 2.45) is 10.9 Å². The molecule has 0 saturated heterocycles. The van der Waals surface area contributed by atoms with Gasteiger partial charge in [-0.05, 0) is 19.1 Å². The normalized spacial score (nSPS) is 21.2. The molecule has 0 spiro atoms. The molecule has 150 valence electrons. The molecule has 2 N–H and O–H groups in total. The summed E-state index contributed by atoms with van der Waals surface area (Å²) in [7, 11) is 1.24. The molecule has 3 rings (SSSR count). The van der Waals surface area contributed by atoms with Crippen LogP contribution in [0, 0.1) is 26.1 Å². The minimum absolute atomic E-state index is 0.108. The van der Waals surface area contributed by atoms with Gasteiger partial charge < -0.3 is 10.1 Å². The minimum atomic E-state index is -0.861. The van der Waals surface area contributed by atoms with E-state index >= 15 is 0 Å². The number of nitro benzene ring substituents is 2. The number of rotatable bonds is 5. The lowest BCUT2D eigenvalue weighted by atomic mass is 9.86. The Hall–Kier alpha value is -3.66. The third-order valence-corrected chi connectivity index (χ3v) is 4.94. The Balaban J connectivity index is 2.15. The maximum atomic E-state index is 12.5. The zero-order valence-electron chi connectivity index (χ0n) is 15.7.